The van der Waals surface area contributed by atoms with E-state index in [1.807, 2.05) is 0 Å². The molecular weight excluding hydrogens is 491 g/mol. The summed E-state index contributed by atoms with van der Waals surface area (Å²) in [5.41, 5.74) is -0.513. The Morgan fingerprint density at radius 3 is 2.70 bits per heavy atom. The number of ether oxygens (including phenoxy) is 1. The van der Waals surface area contributed by atoms with Crippen LogP contribution in [-0.2, 0) is 18.6 Å². The highest BCUT2D eigenvalue weighted by Gasteiger charge is 2.58. The Balaban J connectivity index is 1.29. The highest BCUT2D eigenvalue weighted by molar-refractivity contribution is 7.45. The Bertz CT molecular complexity index is 1010. The van der Waals surface area contributed by atoms with Crippen molar-refractivity contribution in [2.24, 2.45) is 11.8 Å². The van der Waals surface area contributed by atoms with Crippen molar-refractivity contribution in [3.8, 4) is 0 Å². The van der Waals surface area contributed by atoms with Crippen LogP contribution in [0.1, 0.15) is 97.6 Å². The predicted molar refractivity (Wildman–Crippen MR) is 143 cm³/mol. The normalized spacial score (nSPS) is 35.1. The van der Waals surface area contributed by atoms with Crippen LogP contribution in [0.5, 0.6) is 0 Å². The first-order valence-electron chi connectivity index (χ1n) is 14.3. The zero-order chi connectivity index (χ0) is 26.2. The molecule has 5 rings (SSSR count). The molecule has 3 heterocycles. The molecule has 1 amide bonds. The quantitative estimate of drug-likeness (QED) is 0.470. The van der Waals surface area contributed by atoms with Crippen LogP contribution in [0.2, 0.25) is 0 Å². The maximum absolute atomic E-state index is 12.8. The molecule has 0 radical (unpaired) electrons. The van der Waals surface area contributed by atoms with Crippen molar-refractivity contribution in [1.82, 2.24) is 14.2 Å². The van der Waals surface area contributed by atoms with Crippen molar-refractivity contribution in [2.75, 3.05) is 12.4 Å². The van der Waals surface area contributed by atoms with Crippen LogP contribution in [0.3, 0.4) is 0 Å². The lowest BCUT2D eigenvalue weighted by Gasteiger charge is -2.45. The van der Waals surface area contributed by atoms with Gasteiger partial charge in [0.15, 0.2) is 0 Å². The molecular formula is C27H43N4O5P. The molecule has 2 saturated heterocycles. The maximum atomic E-state index is 12.8. The van der Waals surface area contributed by atoms with E-state index in [1.54, 1.807) is 26.1 Å². The van der Waals surface area contributed by atoms with Crippen molar-refractivity contribution in [3.63, 3.8) is 0 Å². The molecule has 4 fully saturated rings. The third-order valence-electron chi connectivity index (χ3n) is 8.84. The van der Waals surface area contributed by atoms with Crippen LogP contribution in [0, 0.1) is 11.8 Å². The van der Waals surface area contributed by atoms with Crippen molar-refractivity contribution < 1.29 is 18.6 Å². The molecule has 2 saturated carbocycles. The molecule has 4 aliphatic rings. The molecule has 9 nitrogen and oxygen atoms in total. The van der Waals surface area contributed by atoms with E-state index in [4.69, 9.17) is 13.8 Å². The second-order valence-electron chi connectivity index (χ2n) is 11.5. The molecule has 0 spiro atoms. The Morgan fingerprint density at radius 1 is 1.24 bits per heavy atom. The maximum Gasteiger partial charge on any atom is 0.351 e. The summed E-state index contributed by atoms with van der Waals surface area (Å²) >= 11 is 0. The first-order chi connectivity index (χ1) is 17.8. The van der Waals surface area contributed by atoms with Gasteiger partial charge < -0.3 is 19.1 Å². The van der Waals surface area contributed by atoms with Gasteiger partial charge in [-0.2, -0.15) is 4.98 Å². The lowest BCUT2D eigenvalue weighted by Crippen LogP contribution is -2.52. The Hall–Kier alpha value is -1.38. The van der Waals surface area contributed by atoms with E-state index in [2.05, 4.69) is 28.9 Å². The van der Waals surface area contributed by atoms with Gasteiger partial charge in [-0.25, -0.2) is 9.46 Å². The minimum Gasteiger partial charge on any atom is -0.352 e. The highest BCUT2D eigenvalue weighted by atomic mass is 31.2. The number of aromatic nitrogens is 2. The number of hydrogen-bond donors (Lipinski definition) is 1. The number of carbonyl (C=O) groups excluding carboxylic acids is 1. The first-order valence-corrected chi connectivity index (χ1v) is 15.4. The number of anilines is 1. The lowest BCUT2D eigenvalue weighted by molar-refractivity contribution is -0.118. The summed E-state index contributed by atoms with van der Waals surface area (Å²) in [7, 11) is 0.992. The molecule has 0 bridgehead atoms. The predicted octanol–water partition coefficient (Wildman–Crippen LogP) is 5.37. The van der Waals surface area contributed by atoms with Crippen molar-refractivity contribution >= 4 is 20.3 Å². The zero-order valence-corrected chi connectivity index (χ0v) is 23.6. The summed E-state index contributed by atoms with van der Waals surface area (Å²) < 4.78 is 23.9. The fraction of sp³-hybridized carbons (Fsp3) is 0.815. The molecule has 2 aliphatic heterocycles. The summed E-state index contributed by atoms with van der Waals surface area (Å²) in [6.07, 6.45) is 13.6. The summed E-state index contributed by atoms with van der Waals surface area (Å²) in [5, 5.41) is 2.69. The Morgan fingerprint density at radius 2 is 2.00 bits per heavy atom. The lowest BCUT2D eigenvalue weighted by atomic mass is 9.67. The van der Waals surface area contributed by atoms with Crippen LogP contribution < -0.4 is 11.0 Å². The number of nitrogens with one attached hydrogen (secondary N) is 1. The summed E-state index contributed by atoms with van der Waals surface area (Å²) in [5.74, 6) is 0.525. The van der Waals surface area contributed by atoms with Crippen molar-refractivity contribution in [3.05, 3.63) is 22.7 Å². The smallest absolute Gasteiger partial charge is 0.351 e. The van der Waals surface area contributed by atoms with Crippen LogP contribution in [0.25, 0.3) is 0 Å². The monoisotopic (exact) mass is 534 g/mol. The fourth-order valence-electron chi connectivity index (χ4n) is 6.75. The van der Waals surface area contributed by atoms with Crippen LogP contribution in [0.4, 0.5) is 5.82 Å². The van der Waals surface area contributed by atoms with Crippen LogP contribution in [0.15, 0.2) is 17.1 Å². The van der Waals surface area contributed by atoms with Gasteiger partial charge in [-0.1, -0.05) is 52.9 Å². The van der Waals surface area contributed by atoms with Crippen LogP contribution in [-0.4, -0.2) is 51.0 Å². The van der Waals surface area contributed by atoms with Crippen molar-refractivity contribution in [2.45, 2.75) is 121 Å². The summed E-state index contributed by atoms with van der Waals surface area (Å²) in [6, 6.07) is 2.07. The van der Waals surface area contributed by atoms with Gasteiger partial charge in [0.25, 0.3) is 8.53 Å². The van der Waals surface area contributed by atoms with Gasteiger partial charge in [-0.15, -0.1) is 0 Å². The molecule has 2 aliphatic carbocycles. The summed E-state index contributed by atoms with van der Waals surface area (Å²) in [4.78, 5) is 28.9. The SMILES string of the molecule is CC[C@H]1O[C@@H](n2ccc(NC(=O)C(C)C)nc2=O)CC1O[P@@]1O[C@@]2(C3CCCCC3)CCCC[C@@H]2N1C. The minimum atomic E-state index is -1.19. The molecule has 6 atom stereocenters. The minimum absolute atomic E-state index is 0.0726. The number of amides is 1. The molecule has 1 N–H and O–H groups in total. The molecule has 206 valence electrons. The van der Waals surface area contributed by atoms with E-state index in [0.717, 1.165) is 12.8 Å². The van der Waals surface area contributed by atoms with E-state index >= 15 is 0 Å². The number of fused-ring (bicyclic) bond motifs is 1. The average molecular weight is 535 g/mol. The second kappa shape index (κ2) is 11.4. The molecule has 1 unspecified atom stereocenters. The molecule has 1 aromatic rings. The van der Waals surface area contributed by atoms with Gasteiger partial charge in [0.2, 0.25) is 5.91 Å². The Labute approximate surface area is 221 Å². The number of likely N-dealkylation sites (N-methyl/N-ethyl adjacent to an activating group) is 1. The fourth-order valence-corrected chi connectivity index (χ4v) is 8.72. The van der Waals surface area contributed by atoms with Gasteiger partial charge in [-0.3, -0.25) is 9.36 Å². The molecule has 37 heavy (non-hydrogen) atoms. The summed E-state index contributed by atoms with van der Waals surface area (Å²) in [6.45, 7) is 5.69. The topological polar surface area (TPSA) is 94.9 Å². The molecule has 1 aromatic heterocycles. The van der Waals surface area contributed by atoms with Gasteiger partial charge >= 0.3 is 5.69 Å². The van der Waals surface area contributed by atoms with E-state index in [1.165, 1.54) is 55.9 Å². The van der Waals surface area contributed by atoms with E-state index in [0.29, 0.717) is 18.4 Å². The van der Waals surface area contributed by atoms with E-state index < -0.39 is 20.4 Å². The van der Waals surface area contributed by atoms with Gasteiger partial charge in [0.05, 0.1) is 17.8 Å². The van der Waals surface area contributed by atoms with Crippen LogP contribution >= 0.6 is 8.53 Å². The number of nitrogens with zero attached hydrogens (tertiary/aromatic N) is 3. The van der Waals surface area contributed by atoms with Gasteiger partial charge in [0.1, 0.15) is 12.0 Å². The molecule has 10 heteroatoms. The highest BCUT2D eigenvalue weighted by Crippen LogP contribution is 2.64. The standard InChI is InChI=1S/C27H43N4O5P/c1-5-20-21(17-24(34-20)31-16-14-23(29-26(31)33)28-25(32)18(2)3)35-37-30(4)22-13-9-10-15-27(22,36-37)19-11-7-6-8-12-19/h14,16,18-22,24H,5-13,15,17H2,1-4H3,(H,28,29,32,33)/t20-,21?,22+,24-,27-,37+/m1/s1. The second-order valence-corrected chi connectivity index (χ2v) is 13.0. The number of carbonyl (C=O) groups is 1. The molecule has 0 aromatic carbocycles. The van der Waals surface area contributed by atoms with E-state index in [9.17, 15) is 9.59 Å². The van der Waals surface area contributed by atoms with Gasteiger partial charge in [0, 0.05) is 24.6 Å². The number of rotatable bonds is 7. The Kier molecular flexibility index (Phi) is 8.37. The third-order valence-corrected chi connectivity index (χ3v) is 10.6. The third kappa shape index (κ3) is 5.40. The number of hydrogen-bond acceptors (Lipinski definition) is 7. The van der Waals surface area contributed by atoms with Gasteiger partial charge in [-0.05, 0) is 51.1 Å². The average Bonchev–Trinajstić information content (AvgIpc) is 3.43. The zero-order valence-electron chi connectivity index (χ0n) is 22.7. The van der Waals surface area contributed by atoms with Crippen molar-refractivity contribution in [1.29, 1.82) is 0 Å². The van der Waals surface area contributed by atoms with E-state index in [-0.39, 0.29) is 35.5 Å². The first kappa shape index (κ1) is 27.2. The largest absolute Gasteiger partial charge is 0.352 e.